The Kier molecular flexibility index (Phi) is 5.58. The van der Waals surface area contributed by atoms with Crippen molar-refractivity contribution >= 4 is 0 Å². The van der Waals surface area contributed by atoms with E-state index in [0.29, 0.717) is 19.7 Å². The zero-order valence-corrected chi connectivity index (χ0v) is 12.9. The third kappa shape index (κ3) is 5.28. The Bertz CT molecular complexity index is 451. The molecule has 1 fully saturated rings. The fourth-order valence-corrected chi connectivity index (χ4v) is 2.58. The van der Waals surface area contributed by atoms with Crippen molar-refractivity contribution in [2.75, 3.05) is 32.8 Å². The molecule has 0 aromatic heterocycles. The van der Waals surface area contributed by atoms with Crippen LogP contribution in [0.5, 0.6) is 5.75 Å². The second-order valence-electron chi connectivity index (χ2n) is 6.16. The topological polar surface area (TPSA) is 68.0 Å². The zero-order chi connectivity index (χ0) is 15.3. The SMILES string of the molecule is CC1(C)CN(CC(O)COc2cccc(CN)c2)CCO1. The van der Waals surface area contributed by atoms with Crippen LogP contribution >= 0.6 is 0 Å². The molecule has 1 atom stereocenters. The lowest BCUT2D eigenvalue weighted by atomic mass is 10.1. The lowest BCUT2D eigenvalue weighted by molar-refractivity contribution is -0.0947. The standard InChI is InChI=1S/C16H26N2O3/c1-16(2)12-18(6-7-21-16)10-14(19)11-20-15-5-3-4-13(8-15)9-17/h3-5,8,14,19H,6-7,9-12,17H2,1-2H3. The summed E-state index contributed by atoms with van der Waals surface area (Å²) in [4.78, 5) is 2.22. The van der Waals surface area contributed by atoms with Crippen LogP contribution in [0.2, 0.25) is 0 Å². The number of nitrogens with zero attached hydrogens (tertiary/aromatic N) is 1. The molecule has 0 aliphatic carbocycles. The van der Waals surface area contributed by atoms with Gasteiger partial charge in [-0.2, -0.15) is 0 Å². The number of β-amino-alcohol motifs (C(OH)–C–C–N with tert-alkyl or cyclic N) is 1. The van der Waals surface area contributed by atoms with Crippen LogP contribution in [0.1, 0.15) is 19.4 Å². The molecule has 5 heteroatoms. The average Bonchev–Trinajstić information content (AvgIpc) is 2.44. The van der Waals surface area contributed by atoms with Gasteiger partial charge in [0.25, 0.3) is 0 Å². The summed E-state index contributed by atoms with van der Waals surface area (Å²) in [7, 11) is 0. The van der Waals surface area contributed by atoms with Gasteiger partial charge in [0, 0.05) is 26.2 Å². The summed E-state index contributed by atoms with van der Waals surface area (Å²) in [5.41, 5.74) is 6.48. The number of aliphatic hydroxyl groups is 1. The molecule has 3 N–H and O–H groups in total. The predicted molar refractivity (Wildman–Crippen MR) is 82.3 cm³/mol. The molecule has 0 amide bonds. The monoisotopic (exact) mass is 294 g/mol. The first-order valence-corrected chi connectivity index (χ1v) is 7.45. The highest BCUT2D eigenvalue weighted by molar-refractivity contribution is 5.28. The van der Waals surface area contributed by atoms with Crippen LogP contribution in [-0.4, -0.2) is 54.6 Å². The Labute approximate surface area is 126 Å². The van der Waals surface area contributed by atoms with Gasteiger partial charge in [0.05, 0.1) is 12.2 Å². The molecule has 21 heavy (non-hydrogen) atoms. The van der Waals surface area contributed by atoms with E-state index in [1.807, 2.05) is 24.3 Å². The zero-order valence-electron chi connectivity index (χ0n) is 12.9. The van der Waals surface area contributed by atoms with E-state index in [1.54, 1.807) is 0 Å². The van der Waals surface area contributed by atoms with Gasteiger partial charge in [0.15, 0.2) is 0 Å². The number of rotatable bonds is 6. The molecule has 1 aliphatic heterocycles. The number of hydrogen-bond acceptors (Lipinski definition) is 5. The van der Waals surface area contributed by atoms with Crippen LogP contribution in [0.3, 0.4) is 0 Å². The van der Waals surface area contributed by atoms with Crippen molar-refractivity contribution in [3.63, 3.8) is 0 Å². The molecular formula is C16H26N2O3. The maximum atomic E-state index is 10.1. The quantitative estimate of drug-likeness (QED) is 0.819. The Morgan fingerprint density at radius 1 is 1.48 bits per heavy atom. The smallest absolute Gasteiger partial charge is 0.119 e. The van der Waals surface area contributed by atoms with E-state index in [4.69, 9.17) is 15.2 Å². The normalized spacial score (nSPS) is 20.2. The summed E-state index contributed by atoms with van der Waals surface area (Å²) in [6.07, 6.45) is -0.513. The number of hydrogen-bond donors (Lipinski definition) is 2. The van der Waals surface area contributed by atoms with E-state index < -0.39 is 6.10 Å². The summed E-state index contributed by atoms with van der Waals surface area (Å²) in [6.45, 7) is 7.90. The van der Waals surface area contributed by atoms with Gasteiger partial charge in [-0.05, 0) is 31.5 Å². The lowest BCUT2D eigenvalue weighted by Gasteiger charge is -2.38. The highest BCUT2D eigenvalue weighted by Crippen LogP contribution is 2.17. The van der Waals surface area contributed by atoms with Gasteiger partial charge in [-0.25, -0.2) is 0 Å². The Balaban J connectivity index is 1.77. The molecule has 5 nitrogen and oxygen atoms in total. The van der Waals surface area contributed by atoms with Crippen LogP contribution in [0, 0.1) is 0 Å². The molecule has 2 rings (SSSR count). The molecule has 0 saturated carbocycles. The van der Waals surface area contributed by atoms with E-state index >= 15 is 0 Å². The maximum Gasteiger partial charge on any atom is 0.119 e. The van der Waals surface area contributed by atoms with E-state index in [9.17, 15) is 5.11 Å². The first-order valence-electron chi connectivity index (χ1n) is 7.45. The van der Waals surface area contributed by atoms with Crippen LogP contribution in [0.25, 0.3) is 0 Å². The molecule has 1 aromatic rings. The number of nitrogens with two attached hydrogens (primary N) is 1. The van der Waals surface area contributed by atoms with Gasteiger partial charge < -0.3 is 20.3 Å². The highest BCUT2D eigenvalue weighted by atomic mass is 16.5. The number of aliphatic hydroxyl groups excluding tert-OH is 1. The van der Waals surface area contributed by atoms with Gasteiger partial charge in [-0.15, -0.1) is 0 Å². The summed E-state index contributed by atoms with van der Waals surface area (Å²) in [5, 5.41) is 10.1. The Hall–Kier alpha value is -1.14. The first kappa shape index (κ1) is 16.2. The van der Waals surface area contributed by atoms with Gasteiger partial charge in [-0.3, -0.25) is 4.90 Å². The van der Waals surface area contributed by atoms with Crippen molar-refractivity contribution in [3.8, 4) is 5.75 Å². The van der Waals surface area contributed by atoms with Crippen LogP contribution in [0.15, 0.2) is 24.3 Å². The Morgan fingerprint density at radius 2 is 2.29 bits per heavy atom. The van der Waals surface area contributed by atoms with Crippen LogP contribution in [0.4, 0.5) is 0 Å². The van der Waals surface area contributed by atoms with Crippen LogP contribution < -0.4 is 10.5 Å². The summed E-state index contributed by atoms with van der Waals surface area (Å²) < 4.78 is 11.3. The van der Waals surface area contributed by atoms with Gasteiger partial charge in [-0.1, -0.05) is 12.1 Å². The fourth-order valence-electron chi connectivity index (χ4n) is 2.58. The number of ether oxygens (including phenoxy) is 2. The van der Waals surface area contributed by atoms with Crippen LogP contribution in [-0.2, 0) is 11.3 Å². The van der Waals surface area contributed by atoms with E-state index in [2.05, 4.69) is 18.7 Å². The van der Waals surface area contributed by atoms with Gasteiger partial charge >= 0.3 is 0 Å². The maximum absolute atomic E-state index is 10.1. The predicted octanol–water partition coefficient (Wildman–Crippen LogP) is 0.996. The highest BCUT2D eigenvalue weighted by Gasteiger charge is 2.28. The molecule has 1 heterocycles. The summed E-state index contributed by atoms with van der Waals surface area (Å²) >= 11 is 0. The van der Waals surface area contributed by atoms with Crippen molar-refractivity contribution < 1.29 is 14.6 Å². The number of benzene rings is 1. The van der Waals surface area contributed by atoms with Crippen molar-refractivity contribution in [1.82, 2.24) is 4.90 Å². The van der Waals surface area contributed by atoms with Crippen molar-refractivity contribution in [2.45, 2.75) is 32.1 Å². The molecule has 1 unspecified atom stereocenters. The molecule has 0 spiro atoms. The molecular weight excluding hydrogens is 268 g/mol. The molecule has 0 bridgehead atoms. The minimum atomic E-state index is -0.513. The van der Waals surface area contributed by atoms with E-state index in [1.165, 1.54) is 0 Å². The van der Waals surface area contributed by atoms with Crippen molar-refractivity contribution in [2.24, 2.45) is 5.73 Å². The van der Waals surface area contributed by atoms with Crippen molar-refractivity contribution in [1.29, 1.82) is 0 Å². The van der Waals surface area contributed by atoms with Gasteiger partial charge in [0.2, 0.25) is 0 Å². The minimum absolute atomic E-state index is 0.145. The molecule has 0 radical (unpaired) electrons. The Morgan fingerprint density at radius 3 is 3.00 bits per heavy atom. The fraction of sp³-hybridized carbons (Fsp3) is 0.625. The van der Waals surface area contributed by atoms with Gasteiger partial charge in [0.1, 0.15) is 18.5 Å². The minimum Gasteiger partial charge on any atom is -0.491 e. The average molecular weight is 294 g/mol. The third-order valence-corrected chi connectivity index (χ3v) is 3.55. The second-order valence-corrected chi connectivity index (χ2v) is 6.16. The summed E-state index contributed by atoms with van der Waals surface area (Å²) in [6, 6.07) is 7.65. The lowest BCUT2D eigenvalue weighted by Crippen LogP contribution is -2.50. The first-order chi connectivity index (χ1) is 9.98. The summed E-state index contributed by atoms with van der Waals surface area (Å²) in [5.74, 6) is 0.749. The largest absolute Gasteiger partial charge is 0.491 e. The third-order valence-electron chi connectivity index (χ3n) is 3.55. The van der Waals surface area contributed by atoms with Crippen molar-refractivity contribution in [3.05, 3.63) is 29.8 Å². The van der Waals surface area contributed by atoms with E-state index in [0.717, 1.165) is 24.4 Å². The number of morpholine rings is 1. The van der Waals surface area contributed by atoms with E-state index in [-0.39, 0.29) is 12.2 Å². The molecule has 118 valence electrons. The molecule has 1 aromatic carbocycles. The molecule has 1 saturated heterocycles. The second kappa shape index (κ2) is 7.22. The molecule has 1 aliphatic rings.